The Hall–Kier alpha value is -3.74. The molecule has 1 aromatic carbocycles. The van der Waals surface area contributed by atoms with Gasteiger partial charge in [-0.2, -0.15) is 18.2 Å². The number of aryl methyl sites for hydroxylation is 1. The lowest BCUT2D eigenvalue weighted by atomic mass is 9.86. The molecule has 39 heavy (non-hydrogen) atoms. The maximum absolute atomic E-state index is 15.0. The number of H-pyrrole nitrogens is 1. The molecule has 3 heterocycles. The van der Waals surface area contributed by atoms with E-state index in [1.165, 1.54) is 19.3 Å². The first-order chi connectivity index (χ1) is 18.5. The number of hydrogen-bond acceptors (Lipinski definition) is 6. The van der Waals surface area contributed by atoms with Gasteiger partial charge in [0.2, 0.25) is 5.28 Å². The Morgan fingerprint density at radius 1 is 1.08 bits per heavy atom. The van der Waals surface area contributed by atoms with Gasteiger partial charge in [-0.3, -0.25) is 0 Å². The molecule has 3 aromatic heterocycles. The van der Waals surface area contributed by atoms with Crippen molar-refractivity contribution in [3.8, 4) is 11.4 Å². The number of halogens is 7. The summed E-state index contributed by atoms with van der Waals surface area (Å²) in [6, 6.07) is 2.38. The molecular weight excluding hydrogens is 548 g/mol. The number of nitrogens with zero attached hydrogens (tertiary/aromatic N) is 5. The van der Waals surface area contributed by atoms with Crippen LogP contribution >= 0.6 is 11.6 Å². The molecule has 1 fully saturated rings. The van der Waals surface area contributed by atoms with Crippen LogP contribution in [-0.2, 0) is 6.18 Å². The number of aromatic amines is 1. The molecule has 2 N–H and O–H groups in total. The molecule has 204 valence electrons. The second kappa shape index (κ2) is 10.4. The summed E-state index contributed by atoms with van der Waals surface area (Å²) in [5, 5.41) is 2.74. The van der Waals surface area contributed by atoms with Gasteiger partial charge in [-0.25, -0.2) is 33.1 Å². The van der Waals surface area contributed by atoms with Crippen LogP contribution in [0, 0.1) is 30.3 Å². The predicted molar refractivity (Wildman–Crippen MR) is 134 cm³/mol. The van der Waals surface area contributed by atoms with Crippen molar-refractivity contribution in [3.63, 3.8) is 0 Å². The minimum atomic E-state index is -4.69. The topological polar surface area (TPSA) is 91.7 Å². The molecule has 1 aliphatic carbocycles. The summed E-state index contributed by atoms with van der Waals surface area (Å²) in [6.45, 7) is 1.46. The molecule has 0 aliphatic heterocycles. The van der Waals surface area contributed by atoms with Crippen LogP contribution in [0.15, 0.2) is 29.4 Å². The van der Waals surface area contributed by atoms with Gasteiger partial charge in [0.05, 0.1) is 11.2 Å². The first-order valence-electron chi connectivity index (χ1n) is 11.9. The lowest BCUT2D eigenvalue weighted by Gasteiger charge is -2.28. The summed E-state index contributed by atoms with van der Waals surface area (Å²) in [5.74, 6) is -2.54. The summed E-state index contributed by atoms with van der Waals surface area (Å²) in [4.78, 5) is 22.2. The molecule has 14 heteroatoms. The molecule has 4 aromatic rings. The smallest absolute Gasteiger partial charge is 0.365 e. The van der Waals surface area contributed by atoms with Crippen molar-refractivity contribution in [1.82, 2.24) is 24.9 Å². The van der Waals surface area contributed by atoms with Crippen molar-refractivity contribution in [2.75, 3.05) is 5.32 Å². The molecule has 0 amide bonds. The highest BCUT2D eigenvalue weighted by molar-refractivity contribution is 6.28. The molecule has 0 bridgehead atoms. The van der Waals surface area contributed by atoms with E-state index in [9.17, 15) is 26.3 Å². The first-order valence-corrected chi connectivity index (χ1v) is 12.3. The van der Waals surface area contributed by atoms with Gasteiger partial charge in [0.25, 0.3) is 0 Å². The van der Waals surface area contributed by atoms with Crippen LogP contribution in [0.2, 0.25) is 5.28 Å². The molecule has 1 saturated carbocycles. The fraction of sp³-hybridized carbons (Fsp3) is 0.320. The number of alkyl halides is 3. The van der Waals surface area contributed by atoms with E-state index >= 15 is 0 Å². The van der Waals surface area contributed by atoms with E-state index in [-0.39, 0.29) is 46.0 Å². The highest BCUT2D eigenvalue weighted by Gasteiger charge is 2.33. The van der Waals surface area contributed by atoms with E-state index in [4.69, 9.17) is 11.6 Å². The normalized spacial score (nSPS) is 18.3. The zero-order valence-electron chi connectivity index (χ0n) is 20.3. The van der Waals surface area contributed by atoms with E-state index < -0.39 is 34.6 Å². The Kier molecular flexibility index (Phi) is 7.19. The van der Waals surface area contributed by atoms with Crippen LogP contribution in [0.3, 0.4) is 0 Å². The molecule has 1 unspecified atom stereocenters. The molecule has 0 saturated heterocycles. The summed E-state index contributed by atoms with van der Waals surface area (Å²) < 4.78 is 82.0. The first kappa shape index (κ1) is 26.9. The Morgan fingerprint density at radius 3 is 2.64 bits per heavy atom. The number of anilines is 1. The standard InChI is InChI=1S/C25H20ClF6N7/c1-11-20(29)23(39-22(35-11)16-10-34-21-15(16)6-13(27)7-17(21)28)36-14-4-2-3-12(5-14)9-33-19-8-18(25(30,31)32)37-24(26)38-19/h6-10,12,14,34H,2-5H2,1H3,(H,35,36,39)/t12?,14-/m1/s1. The van der Waals surface area contributed by atoms with Crippen LogP contribution < -0.4 is 5.32 Å². The van der Waals surface area contributed by atoms with Crippen molar-refractivity contribution in [1.29, 1.82) is 0 Å². The number of fused-ring (bicyclic) bond motifs is 1. The van der Waals surface area contributed by atoms with Gasteiger partial charge in [-0.05, 0) is 49.8 Å². The van der Waals surface area contributed by atoms with E-state index in [0.717, 1.165) is 25.0 Å². The molecule has 2 atom stereocenters. The molecule has 5 rings (SSSR count). The zero-order valence-corrected chi connectivity index (χ0v) is 21.0. The summed E-state index contributed by atoms with van der Waals surface area (Å²) in [5.41, 5.74) is -0.758. The average molecular weight is 568 g/mol. The van der Waals surface area contributed by atoms with E-state index in [0.29, 0.717) is 24.5 Å². The summed E-state index contributed by atoms with van der Waals surface area (Å²) in [6.07, 6.45) is 0.889. The Morgan fingerprint density at radius 2 is 1.87 bits per heavy atom. The van der Waals surface area contributed by atoms with Gasteiger partial charge >= 0.3 is 6.18 Å². The molecular formula is C25H20ClF6N7. The minimum Gasteiger partial charge on any atom is -0.365 e. The lowest BCUT2D eigenvalue weighted by molar-refractivity contribution is -0.141. The van der Waals surface area contributed by atoms with E-state index in [1.54, 1.807) is 0 Å². The maximum Gasteiger partial charge on any atom is 0.433 e. The van der Waals surface area contributed by atoms with Crippen molar-refractivity contribution in [2.45, 2.75) is 44.8 Å². The number of benzene rings is 1. The minimum absolute atomic E-state index is 0.0451. The molecule has 0 radical (unpaired) electrons. The summed E-state index contributed by atoms with van der Waals surface area (Å²) in [7, 11) is 0. The molecule has 0 spiro atoms. The van der Waals surface area contributed by atoms with Gasteiger partial charge in [-0.1, -0.05) is 6.42 Å². The maximum atomic E-state index is 15.0. The number of nitrogens with one attached hydrogen (secondary N) is 2. The van der Waals surface area contributed by atoms with Crippen LogP contribution in [0.5, 0.6) is 0 Å². The number of aromatic nitrogens is 5. The zero-order chi connectivity index (χ0) is 27.9. The van der Waals surface area contributed by atoms with Crippen LogP contribution in [0.1, 0.15) is 37.1 Å². The van der Waals surface area contributed by atoms with Crippen molar-refractivity contribution in [2.24, 2.45) is 10.9 Å². The fourth-order valence-corrected chi connectivity index (χ4v) is 4.78. The Balaban J connectivity index is 1.36. The van der Waals surface area contributed by atoms with Gasteiger partial charge in [0.15, 0.2) is 29.0 Å². The third-order valence-electron chi connectivity index (χ3n) is 6.41. The van der Waals surface area contributed by atoms with Gasteiger partial charge in [0.1, 0.15) is 11.6 Å². The largest absolute Gasteiger partial charge is 0.433 e. The number of hydrogen-bond donors (Lipinski definition) is 2. The lowest BCUT2D eigenvalue weighted by Crippen LogP contribution is -2.29. The second-order valence-electron chi connectivity index (χ2n) is 9.23. The Bertz CT molecular complexity index is 1570. The van der Waals surface area contributed by atoms with Gasteiger partial charge < -0.3 is 10.3 Å². The van der Waals surface area contributed by atoms with E-state index in [2.05, 4.69) is 35.2 Å². The van der Waals surface area contributed by atoms with Crippen LogP contribution in [0.25, 0.3) is 22.3 Å². The summed E-state index contributed by atoms with van der Waals surface area (Å²) >= 11 is 5.62. The van der Waals surface area contributed by atoms with Crippen molar-refractivity contribution >= 4 is 40.4 Å². The van der Waals surface area contributed by atoms with E-state index in [1.807, 2.05) is 0 Å². The average Bonchev–Trinajstić information content (AvgIpc) is 3.29. The predicted octanol–water partition coefficient (Wildman–Crippen LogP) is 7.19. The molecule has 1 aliphatic rings. The third-order valence-corrected chi connectivity index (χ3v) is 6.58. The monoisotopic (exact) mass is 567 g/mol. The third kappa shape index (κ3) is 5.82. The van der Waals surface area contributed by atoms with Crippen molar-refractivity contribution < 1.29 is 26.3 Å². The fourth-order valence-electron chi connectivity index (χ4n) is 4.60. The van der Waals surface area contributed by atoms with Crippen LogP contribution in [0.4, 0.5) is 38.0 Å². The second-order valence-corrected chi connectivity index (χ2v) is 9.57. The van der Waals surface area contributed by atoms with Gasteiger partial charge in [0, 0.05) is 41.5 Å². The quantitative estimate of drug-likeness (QED) is 0.151. The van der Waals surface area contributed by atoms with Gasteiger partial charge in [-0.15, -0.1) is 0 Å². The SMILES string of the molecule is Cc1nc(-c2c[nH]c3c(F)cc(F)cc23)nc(N[C@@H]2CCCC(C=Nc3cc(C(F)(F)F)nc(Cl)n3)C2)c1F. The van der Waals surface area contributed by atoms with Crippen molar-refractivity contribution in [3.05, 3.63) is 58.5 Å². The number of aliphatic imine (C=N–C) groups is 1. The highest BCUT2D eigenvalue weighted by atomic mass is 35.5. The Labute approximate surface area is 222 Å². The molecule has 7 nitrogen and oxygen atoms in total. The van der Waals surface area contributed by atoms with Crippen LogP contribution in [-0.4, -0.2) is 37.2 Å². The number of rotatable bonds is 5. The highest BCUT2D eigenvalue weighted by Crippen LogP contribution is 2.33.